The average molecular weight is 352 g/mol. The molecule has 4 rings (SSSR count). The van der Waals surface area contributed by atoms with E-state index >= 15 is 0 Å². The monoisotopic (exact) mass is 352 g/mol. The molecule has 0 aromatic carbocycles. The first-order chi connectivity index (χ1) is 12.8. The van der Waals surface area contributed by atoms with Crippen LogP contribution in [-0.4, -0.2) is 32.6 Å². The number of nitrogens with zero attached hydrogens (tertiary/aromatic N) is 4. The van der Waals surface area contributed by atoms with Gasteiger partial charge in [0.25, 0.3) is 0 Å². The molecule has 1 aliphatic rings. The number of rotatable bonds is 6. The van der Waals surface area contributed by atoms with Crippen molar-refractivity contribution in [1.29, 1.82) is 0 Å². The Morgan fingerprint density at radius 1 is 1.23 bits per heavy atom. The van der Waals surface area contributed by atoms with Crippen LogP contribution in [-0.2, 0) is 31.0 Å². The maximum atomic E-state index is 5.96. The fourth-order valence-corrected chi connectivity index (χ4v) is 3.47. The molecule has 6 heteroatoms. The molecular formula is C20H24N4O2. The predicted molar refractivity (Wildman–Crippen MR) is 97.2 cm³/mol. The third kappa shape index (κ3) is 4.20. The molecule has 4 heterocycles. The molecule has 6 nitrogen and oxygen atoms in total. The molecule has 0 radical (unpaired) electrons. The van der Waals surface area contributed by atoms with E-state index in [1.807, 2.05) is 43.7 Å². The molecule has 0 amide bonds. The molecule has 0 spiro atoms. The Hall–Kier alpha value is -2.44. The summed E-state index contributed by atoms with van der Waals surface area (Å²) in [5.41, 5.74) is 2.20. The first-order valence-electron chi connectivity index (χ1n) is 9.00. The summed E-state index contributed by atoms with van der Waals surface area (Å²) < 4.78 is 14.0. The van der Waals surface area contributed by atoms with Crippen molar-refractivity contribution in [1.82, 2.24) is 19.4 Å². The maximum Gasteiger partial charge on any atom is 0.118 e. The van der Waals surface area contributed by atoms with Gasteiger partial charge in [0.1, 0.15) is 11.5 Å². The Balaban J connectivity index is 1.40. The van der Waals surface area contributed by atoms with Gasteiger partial charge in [-0.15, -0.1) is 0 Å². The number of imidazole rings is 1. The Kier molecular flexibility index (Phi) is 5.13. The van der Waals surface area contributed by atoms with E-state index in [0.717, 1.165) is 43.4 Å². The van der Waals surface area contributed by atoms with Gasteiger partial charge in [0.05, 0.1) is 37.5 Å². The highest BCUT2D eigenvalue weighted by molar-refractivity contribution is 5.07. The van der Waals surface area contributed by atoms with E-state index in [9.17, 15) is 0 Å². The van der Waals surface area contributed by atoms with Crippen LogP contribution in [0, 0.1) is 12.8 Å². The van der Waals surface area contributed by atoms with Crippen LogP contribution >= 0.6 is 0 Å². The molecule has 0 saturated heterocycles. The van der Waals surface area contributed by atoms with E-state index in [2.05, 4.69) is 25.5 Å². The summed E-state index contributed by atoms with van der Waals surface area (Å²) >= 11 is 0. The second-order valence-corrected chi connectivity index (χ2v) is 6.92. The van der Waals surface area contributed by atoms with E-state index in [1.54, 1.807) is 6.20 Å². The van der Waals surface area contributed by atoms with Crippen molar-refractivity contribution in [2.24, 2.45) is 5.92 Å². The lowest BCUT2D eigenvalue weighted by atomic mass is 10.1. The standard InChI is InChI=1S/C20H24N4O2/c1-16-5-6-20(26-16)12-23-9-17(10-24-15-21-8-19(24)11-23)13-25-14-18-4-2-3-7-22-18/h2-8,15,17H,9-14H2,1H3/t17-/m1/s1. The number of hydrogen-bond acceptors (Lipinski definition) is 5. The number of hydrogen-bond donors (Lipinski definition) is 0. The van der Waals surface area contributed by atoms with Crippen molar-refractivity contribution >= 4 is 0 Å². The molecule has 1 aliphatic heterocycles. The van der Waals surface area contributed by atoms with E-state index in [-0.39, 0.29) is 0 Å². The van der Waals surface area contributed by atoms with Crippen LogP contribution in [0.5, 0.6) is 0 Å². The molecule has 0 N–H and O–H groups in total. The Morgan fingerprint density at radius 3 is 3.00 bits per heavy atom. The molecule has 0 saturated carbocycles. The Bertz CT molecular complexity index is 827. The molecule has 0 aliphatic carbocycles. The SMILES string of the molecule is Cc1ccc(CN2Cc3cncn3C[C@H](COCc3ccccn3)C2)o1. The van der Waals surface area contributed by atoms with Gasteiger partial charge in [-0.2, -0.15) is 0 Å². The number of furan rings is 1. The lowest BCUT2D eigenvalue weighted by Gasteiger charge is -2.23. The summed E-state index contributed by atoms with van der Waals surface area (Å²) in [4.78, 5) is 11.0. The van der Waals surface area contributed by atoms with Crippen molar-refractivity contribution in [2.75, 3.05) is 13.2 Å². The minimum Gasteiger partial charge on any atom is -0.465 e. The van der Waals surface area contributed by atoms with Gasteiger partial charge in [0, 0.05) is 37.9 Å². The zero-order chi connectivity index (χ0) is 17.8. The molecular weight excluding hydrogens is 328 g/mol. The minimum atomic E-state index is 0.394. The fraction of sp³-hybridized carbons (Fsp3) is 0.400. The normalized spacial score (nSPS) is 17.8. The molecule has 26 heavy (non-hydrogen) atoms. The van der Waals surface area contributed by atoms with Gasteiger partial charge < -0.3 is 13.7 Å². The number of ether oxygens (including phenoxy) is 1. The van der Waals surface area contributed by atoms with Crippen molar-refractivity contribution < 1.29 is 9.15 Å². The molecule has 0 bridgehead atoms. The highest BCUT2D eigenvalue weighted by Gasteiger charge is 2.23. The van der Waals surface area contributed by atoms with Crippen LogP contribution in [0.15, 0.2) is 53.5 Å². The molecule has 0 unspecified atom stereocenters. The van der Waals surface area contributed by atoms with Gasteiger partial charge in [0.2, 0.25) is 0 Å². The van der Waals surface area contributed by atoms with Crippen molar-refractivity contribution in [3.63, 3.8) is 0 Å². The Labute approximate surface area is 153 Å². The second kappa shape index (κ2) is 7.85. The van der Waals surface area contributed by atoms with Crippen molar-refractivity contribution in [3.05, 3.63) is 72.0 Å². The summed E-state index contributed by atoms with van der Waals surface area (Å²) in [5.74, 6) is 2.35. The lowest BCUT2D eigenvalue weighted by molar-refractivity contribution is 0.0637. The van der Waals surface area contributed by atoms with Crippen LogP contribution in [0.3, 0.4) is 0 Å². The van der Waals surface area contributed by atoms with Crippen molar-refractivity contribution in [2.45, 2.75) is 33.2 Å². The molecule has 1 atom stereocenters. The van der Waals surface area contributed by atoms with E-state index in [1.165, 1.54) is 5.69 Å². The third-order valence-electron chi connectivity index (χ3n) is 4.66. The van der Waals surface area contributed by atoms with Crippen LogP contribution < -0.4 is 0 Å². The van der Waals surface area contributed by atoms with Crippen molar-refractivity contribution in [3.8, 4) is 0 Å². The van der Waals surface area contributed by atoms with Gasteiger partial charge in [-0.25, -0.2) is 4.98 Å². The summed E-state index contributed by atoms with van der Waals surface area (Å²) in [6.45, 7) is 6.78. The van der Waals surface area contributed by atoms with Crippen LogP contribution in [0.4, 0.5) is 0 Å². The quantitative estimate of drug-likeness (QED) is 0.682. The summed E-state index contributed by atoms with van der Waals surface area (Å²) in [6.07, 6.45) is 5.67. The van der Waals surface area contributed by atoms with Gasteiger partial charge in [-0.05, 0) is 31.2 Å². The first-order valence-corrected chi connectivity index (χ1v) is 9.00. The van der Waals surface area contributed by atoms with Gasteiger partial charge in [-0.3, -0.25) is 9.88 Å². The summed E-state index contributed by atoms with van der Waals surface area (Å²) in [7, 11) is 0. The molecule has 0 fully saturated rings. The number of fused-ring (bicyclic) bond motifs is 1. The topological polar surface area (TPSA) is 56.3 Å². The highest BCUT2D eigenvalue weighted by atomic mass is 16.5. The number of aryl methyl sites for hydroxylation is 1. The number of pyridine rings is 1. The van der Waals surface area contributed by atoms with Gasteiger partial charge in [0.15, 0.2) is 0 Å². The highest BCUT2D eigenvalue weighted by Crippen LogP contribution is 2.20. The first kappa shape index (κ1) is 17.0. The maximum absolute atomic E-state index is 5.96. The van der Waals surface area contributed by atoms with Crippen LogP contribution in [0.25, 0.3) is 0 Å². The van der Waals surface area contributed by atoms with Crippen LogP contribution in [0.1, 0.15) is 22.9 Å². The summed E-state index contributed by atoms with van der Waals surface area (Å²) in [6, 6.07) is 9.98. The summed E-state index contributed by atoms with van der Waals surface area (Å²) in [5, 5.41) is 0. The smallest absolute Gasteiger partial charge is 0.118 e. The second-order valence-electron chi connectivity index (χ2n) is 6.92. The minimum absolute atomic E-state index is 0.394. The van der Waals surface area contributed by atoms with E-state index in [0.29, 0.717) is 19.1 Å². The largest absolute Gasteiger partial charge is 0.465 e. The zero-order valence-corrected chi connectivity index (χ0v) is 15.0. The third-order valence-corrected chi connectivity index (χ3v) is 4.66. The zero-order valence-electron chi connectivity index (χ0n) is 15.0. The van der Waals surface area contributed by atoms with Gasteiger partial charge in [-0.1, -0.05) is 6.07 Å². The number of aromatic nitrogens is 3. The van der Waals surface area contributed by atoms with E-state index < -0.39 is 0 Å². The molecule has 136 valence electrons. The van der Waals surface area contributed by atoms with Crippen LogP contribution in [0.2, 0.25) is 0 Å². The Morgan fingerprint density at radius 2 is 2.19 bits per heavy atom. The van der Waals surface area contributed by atoms with Gasteiger partial charge >= 0.3 is 0 Å². The lowest BCUT2D eigenvalue weighted by Crippen LogP contribution is -2.29. The average Bonchev–Trinajstić information content (AvgIpc) is 3.21. The van der Waals surface area contributed by atoms with E-state index in [4.69, 9.17) is 9.15 Å². The molecule has 3 aromatic rings. The predicted octanol–water partition coefficient (Wildman–Crippen LogP) is 3.03. The fourth-order valence-electron chi connectivity index (χ4n) is 3.47. The molecule has 3 aromatic heterocycles.